The van der Waals surface area contributed by atoms with E-state index in [0.29, 0.717) is 98.8 Å². The molecular weight excluding hydrogens is 1640 g/mol. The van der Waals surface area contributed by atoms with Gasteiger partial charge in [-0.2, -0.15) is 0 Å². The fourth-order valence-corrected chi connectivity index (χ4v) is 13.6. The lowest BCUT2D eigenvalue weighted by atomic mass is 10.1. The molecule has 618 valence electrons. The van der Waals surface area contributed by atoms with Gasteiger partial charge in [0.05, 0.1) is 107 Å². The van der Waals surface area contributed by atoms with Crippen LogP contribution >= 0.6 is 69.6 Å². The van der Waals surface area contributed by atoms with Crippen LogP contribution in [-0.4, -0.2) is 179 Å². The number of hydrogen-bond acceptors (Lipinski definition) is 19. The SMILES string of the molecule is CC(C)CNc1ncc(C(=O)Nc2ccc(Cl)c(-c3ccccn3)c2)cc1Cl.CN(C)C(=O)c1ccc(C(=O)Nc2ccc(Cl)c(-c3ccccn3)c2)c(Cl)c1.Cc1nc(NCCN2CCOCC2)ccc1C(=O)Nc1ccc(Cl)c(-c2ccccn2)c1.O=C(Nc1ccc(Cl)c(-c2ccccn2)c1)c1ccc(NCCCN2CCOCC2)nc1. The molecule has 14 rings (SSSR count). The average molecular weight is 1730 g/mol. The Morgan fingerprint density at radius 2 is 0.817 bits per heavy atom. The van der Waals surface area contributed by atoms with E-state index in [1.54, 1.807) is 130 Å². The number of hydrogen-bond donors (Lipinski definition) is 7. The zero-order chi connectivity index (χ0) is 84.9. The lowest BCUT2D eigenvalue weighted by Crippen LogP contribution is -2.39. The van der Waals surface area contributed by atoms with Gasteiger partial charge >= 0.3 is 0 Å². The summed E-state index contributed by atoms with van der Waals surface area (Å²) in [6, 6.07) is 56.8. The van der Waals surface area contributed by atoms with Crippen LogP contribution in [0.15, 0.2) is 231 Å². The number of rotatable bonds is 25. The lowest BCUT2D eigenvalue weighted by molar-refractivity contribution is 0.0378. The van der Waals surface area contributed by atoms with Crippen LogP contribution in [0.2, 0.25) is 30.1 Å². The zero-order valence-corrected chi connectivity index (χ0v) is 71.0. The van der Waals surface area contributed by atoms with E-state index in [1.165, 1.54) is 23.2 Å². The number of carbonyl (C=O) groups excluding carboxylic acids is 5. The van der Waals surface area contributed by atoms with E-state index in [4.69, 9.17) is 79.1 Å². The molecule has 24 nitrogen and oxygen atoms in total. The number of anilines is 7. The van der Waals surface area contributed by atoms with Crippen molar-refractivity contribution in [2.24, 2.45) is 5.92 Å². The molecule has 120 heavy (non-hydrogen) atoms. The second-order valence-electron chi connectivity index (χ2n) is 28.1. The first kappa shape index (κ1) is 89.3. The number of carbonyl (C=O) groups is 5. The molecule has 0 bridgehead atoms. The summed E-state index contributed by atoms with van der Waals surface area (Å²) in [5, 5.41) is 24.1. The van der Waals surface area contributed by atoms with Gasteiger partial charge in [0, 0.05) is 154 Å². The van der Waals surface area contributed by atoms with E-state index in [9.17, 15) is 24.0 Å². The summed E-state index contributed by atoms with van der Waals surface area (Å²) in [6.45, 7) is 17.5. The highest BCUT2D eigenvalue weighted by molar-refractivity contribution is 6.36. The molecule has 0 radical (unpaired) electrons. The molecule has 7 aromatic heterocycles. The average Bonchev–Trinajstić information content (AvgIpc) is 0.837. The lowest BCUT2D eigenvalue weighted by Gasteiger charge is -2.26. The highest BCUT2D eigenvalue weighted by Crippen LogP contribution is 2.35. The number of nitrogens with one attached hydrogen (secondary N) is 7. The molecule has 2 aliphatic rings. The summed E-state index contributed by atoms with van der Waals surface area (Å²) in [4.78, 5) is 99.4. The maximum atomic E-state index is 12.9. The summed E-state index contributed by atoms with van der Waals surface area (Å²) in [5.41, 5.74) is 11.1. The van der Waals surface area contributed by atoms with Crippen LogP contribution in [0.1, 0.15) is 77.8 Å². The third kappa shape index (κ3) is 26.5. The van der Waals surface area contributed by atoms with Crippen LogP contribution < -0.4 is 37.2 Å². The smallest absolute Gasteiger partial charge is 0.257 e. The molecule has 12 aromatic rings. The molecule has 2 saturated heterocycles. The van der Waals surface area contributed by atoms with Gasteiger partial charge in [0.2, 0.25) is 0 Å². The van der Waals surface area contributed by atoms with Gasteiger partial charge in [-0.05, 0) is 196 Å². The van der Waals surface area contributed by atoms with Crippen molar-refractivity contribution in [2.45, 2.75) is 27.2 Å². The third-order valence-electron chi connectivity index (χ3n) is 18.6. The standard InChI is InChI=1S/2C24H26ClN5O2.C21H20Cl2N4O.C21H17Cl2N3O2/c1-17-19(6-8-23(28-17)27-10-11-30-12-14-32-15-13-30)24(31)29-18-5-7-21(25)20(16-18)22-4-2-3-9-26-22;25-21-7-6-19(16-20(21)22-4-1-2-9-26-22)29-24(31)18-5-8-23(28-17-18)27-10-3-11-30-12-14-32-15-13-30;1-13(2)11-25-20-18(23)9-14(12-26-20)21(28)27-15-6-7-17(22)16(10-15)19-5-3-4-8-24-19;1-26(2)21(28)13-6-8-15(18(23)11-13)20(27)25-14-7-9-17(22)16(12-14)19-5-3-4-10-24-19/h2-9,16H,10-15H2,1H3,(H,27,28)(H,29,31);1-2,4-9,16-17H,3,10-15H2,(H,27,28)(H,29,31);3-10,12-13H,11H2,1-2H3,(H,25,26)(H,27,28);3-12H,1-2H3,(H,25,27). The molecule has 30 heteroatoms. The number of ether oxygens (including phenoxy) is 2. The number of aromatic nitrogens is 7. The van der Waals surface area contributed by atoms with Crippen LogP contribution in [0.25, 0.3) is 45.0 Å². The Labute approximate surface area is 727 Å². The number of amides is 5. The van der Waals surface area contributed by atoms with E-state index < -0.39 is 0 Å². The maximum absolute atomic E-state index is 12.9. The summed E-state index contributed by atoms with van der Waals surface area (Å²) in [6.07, 6.45) is 10.9. The Kier molecular flexibility index (Phi) is 33.5. The van der Waals surface area contributed by atoms with Gasteiger partial charge in [0.25, 0.3) is 29.5 Å². The van der Waals surface area contributed by atoms with Crippen LogP contribution in [0.4, 0.5) is 40.2 Å². The molecule has 0 atom stereocenters. The molecule has 0 aliphatic carbocycles. The topological polar surface area (TPSA) is 288 Å². The van der Waals surface area contributed by atoms with Crippen molar-refractivity contribution in [3.8, 4) is 45.0 Å². The van der Waals surface area contributed by atoms with Gasteiger partial charge < -0.3 is 51.6 Å². The van der Waals surface area contributed by atoms with E-state index in [1.807, 2.05) is 104 Å². The van der Waals surface area contributed by atoms with Crippen molar-refractivity contribution in [2.75, 3.05) is 137 Å². The van der Waals surface area contributed by atoms with Gasteiger partial charge in [-0.25, -0.2) is 15.0 Å². The number of morpholine rings is 2. The molecule has 5 amide bonds. The Morgan fingerprint density at radius 3 is 1.23 bits per heavy atom. The van der Waals surface area contributed by atoms with Crippen molar-refractivity contribution in [3.05, 3.63) is 295 Å². The zero-order valence-electron chi connectivity index (χ0n) is 66.5. The van der Waals surface area contributed by atoms with Gasteiger partial charge in [-0.1, -0.05) is 108 Å². The van der Waals surface area contributed by atoms with Crippen LogP contribution in [0, 0.1) is 12.8 Å². The molecule has 0 saturated carbocycles. The van der Waals surface area contributed by atoms with Gasteiger partial charge in [-0.15, -0.1) is 0 Å². The molecule has 0 unspecified atom stereocenters. The first-order valence-electron chi connectivity index (χ1n) is 38.6. The highest BCUT2D eigenvalue weighted by Gasteiger charge is 2.21. The molecule has 2 aliphatic heterocycles. The first-order chi connectivity index (χ1) is 58.1. The maximum Gasteiger partial charge on any atom is 0.257 e. The van der Waals surface area contributed by atoms with E-state index in [2.05, 4.69) is 95.8 Å². The van der Waals surface area contributed by atoms with E-state index in [0.717, 1.165) is 137 Å². The Balaban J connectivity index is 0.000000157. The fourth-order valence-electron chi connectivity index (χ4n) is 12.2. The second kappa shape index (κ2) is 45.0. The third-order valence-corrected chi connectivity index (χ3v) is 20.5. The van der Waals surface area contributed by atoms with Crippen molar-refractivity contribution < 1.29 is 33.4 Å². The summed E-state index contributed by atoms with van der Waals surface area (Å²) < 4.78 is 10.7. The van der Waals surface area contributed by atoms with Gasteiger partial charge in [-0.3, -0.25) is 53.7 Å². The van der Waals surface area contributed by atoms with Crippen molar-refractivity contribution >= 4 is 139 Å². The molecule has 9 heterocycles. The summed E-state index contributed by atoms with van der Waals surface area (Å²) in [7, 11) is 3.30. The van der Waals surface area contributed by atoms with Gasteiger partial charge in [0.15, 0.2) is 0 Å². The monoisotopic (exact) mass is 1730 g/mol. The summed E-state index contributed by atoms with van der Waals surface area (Å²) in [5.74, 6) is 1.21. The molecule has 5 aromatic carbocycles. The Hall–Kier alpha value is -11.5. The largest absolute Gasteiger partial charge is 0.379 e. The molecule has 7 N–H and O–H groups in total. The first-order valence-corrected chi connectivity index (χ1v) is 40.9. The number of pyridine rings is 7. The minimum atomic E-state index is -0.386. The minimum absolute atomic E-state index is 0.188. The Bertz CT molecular complexity index is 5450. The van der Waals surface area contributed by atoms with Crippen molar-refractivity contribution in [3.63, 3.8) is 0 Å². The van der Waals surface area contributed by atoms with E-state index >= 15 is 0 Å². The van der Waals surface area contributed by atoms with Crippen molar-refractivity contribution in [1.82, 2.24) is 49.6 Å². The highest BCUT2D eigenvalue weighted by atomic mass is 35.5. The van der Waals surface area contributed by atoms with Crippen LogP contribution in [0.5, 0.6) is 0 Å². The normalized spacial score (nSPS) is 12.5. The number of aryl methyl sites for hydroxylation is 1. The summed E-state index contributed by atoms with van der Waals surface area (Å²) >= 11 is 37.7. The van der Waals surface area contributed by atoms with Gasteiger partial charge in [0.1, 0.15) is 17.5 Å². The number of nitrogens with zero attached hydrogens (tertiary/aromatic N) is 10. The quantitative estimate of drug-likeness (QED) is 0.0262. The molecular formula is C90H89Cl6N17O7. The van der Waals surface area contributed by atoms with Crippen LogP contribution in [-0.2, 0) is 9.47 Å². The van der Waals surface area contributed by atoms with Crippen LogP contribution in [0.3, 0.4) is 0 Å². The second-order valence-corrected chi connectivity index (χ2v) is 30.5. The predicted octanol–water partition coefficient (Wildman–Crippen LogP) is 19.1. The molecule has 0 spiro atoms. The Morgan fingerprint density at radius 1 is 0.408 bits per heavy atom. The number of benzene rings is 5. The minimum Gasteiger partial charge on any atom is -0.379 e. The number of halogens is 6. The van der Waals surface area contributed by atoms with Crippen molar-refractivity contribution in [1.29, 1.82) is 0 Å². The molecule has 2 fully saturated rings. The van der Waals surface area contributed by atoms with E-state index in [-0.39, 0.29) is 40.1 Å². The predicted molar refractivity (Wildman–Crippen MR) is 482 cm³/mol. The fraction of sp³-hybridized carbons (Fsp3) is 0.222.